The fourth-order valence-corrected chi connectivity index (χ4v) is 2.90. The van der Waals surface area contributed by atoms with Crippen LogP contribution < -0.4 is 5.63 Å². The van der Waals surface area contributed by atoms with Gasteiger partial charge in [0.15, 0.2) is 5.69 Å². The van der Waals surface area contributed by atoms with Crippen LogP contribution in [0.25, 0.3) is 44.9 Å². The minimum Gasteiger partial charge on any atom is -0.422 e. The van der Waals surface area contributed by atoms with Gasteiger partial charge in [-0.3, -0.25) is 0 Å². The topological polar surface area (TPSA) is 82.0 Å². The zero-order chi connectivity index (χ0) is 17.0. The Balaban J connectivity index is 1.75. The Morgan fingerprint density at radius 2 is 1.80 bits per heavy atom. The molecule has 0 atom stereocenters. The molecule has 0 unspecified atom stereocenters. The second-order valence-corrected chi connectivity index (χ2v) is 5.88. The van der Waals surface area contributed by atoms with Crippen molar-refractivity contribution in [3.63, 3.8) is 0 Å². The zero-order valence-electron chi connectivity index (χ0n) is 13.2. The molecule has 6 nitrogen and oxygen atoms in total. The summed E-state index contributed by atoms with van der Waals surface area (Å²) in [5.74, 6) is 0.432. The van der Waals surface area contributed by atoms with Gasteiger partial charge in [-0.25, -0.2) is 9.78 Å². The van der Waals surface area contributed by atoms with E-state index in [2.05, 4.69) is 15.2 Å². The van der Waals surface area contributed by atoms with Crippen LogP contribution in [0.2, 0.25) is 0 Å². The van der Waals surface area contributed by atoms with Crippen LogP contribution in [0.4, 0.5) is 0 Å². The molecule has 2 aliphatic heterocycles. The van der Waals surface area contributed by atoms with Gasteiger partial charge in [0.1, 0.15) is 11.1 Å². The number of benzene rings is 2. The van der Waals surface area contributed by atoms with Crippen molar-refractivity contribution in [2.45, 2.75) is 6.92 Å². The Labute approximate surface area is 141 Å². The number of nitrogens with zero attached hydrogens (tertiary/aromatic N) is 3. The van der Waals surface area contributed by atoms with E-state index in [-0.39, 0.29) is 11.5 Å². The van der Waals surface area contributed by atoms with Crippen molar-refractivity contribution >= 4 is 21.9 Å². The van der Waals surface area contributed by atoms with Crippen LogP contribution in [-0.2, 0) is 0 Å². The summed E-state index contributed by atoms with van der Waals surface area (Å²) in [4.78, 5) is 16.7. The molecule has 0 aliphatic carbocycles. The van der Waals surface area contributed by atoms with Gasteiger partial charge in [0.2, 0.25) is 0 Å². The Morgan fingerprint density at radius 1 is 0.920 bits per heavy atom. The average Bonchev–Trinajstić information content (AvgIpc) is 2.98. The van der Waals surface area contributed by atoms with Crippen LogP contribution in [0, 0.1) is 6.92 Å². The van der Waals surface area contributed by atoms with E-state index in [1.165, 1.54) is 0 Å². The fourth-order valence-electron chi connectivity index (χ4n) is 2.90. The van der Waals surface area contributed by atoms with Crippen LogP contribution in [0.3, 0.4) is 0 Å². The standard InChI is InChI=1S/C19H11N3O3/c1-10-6-7-11-9-13(19(23)24-15(11)8-10)17-22-21-16-12-4-2-3-5-14(12)20-18(16)25-17/h2-9H,1H3. The summed E-state index contributed by atoms with van der Waals surface area (Å²) >= 11 is 0. The summed E-state index contributed by atoms with van der Waals surface area (Å²) in [7, 11) is 0. The summed E-state index contributed by atoms with van der Waals surface area (Å²) in [5, 5.41) is 9.91. The van der Waals surface area contributed by atoms with E-state index in [9.17, 15) is 4.79 Å². The quantitative estimate of drug-likeness (QED) is 0.435. The number of aromatic nitrogens is 3. The van der Waals surface area contributed by atoms with Gasteiger partial charge in [-0.2, -0.15) is 0 Å². The van der Waals surface area contributed by atoms with E-state index in [0.29, 0.717) is 17.2 Å². The van der Waals surface area contributed by atoms with E-state index in [0.717, 1.165) is 21.9 Å². The molecule has 0 bridgehead atoms. The number of hydrogen-bond donors (Lipinski definition) is 0. The van der Waals surface area contributed by atoms with Gasteiger partial charge in [0.25, 0.3) is 11.8 Å². The maximum absolute atomic E-state index is 12.3. The minimum atomic E-state index is -0.522. The third kappa shape index (κ3) is 2.11. The number of aryl methyl sites for hydroxylation is 1. The lowest BCUT2D eigenvalue weighted by molar-refractivity contribution is 0.517. The van der Waals surface area contributed by atoms with Crippen molar-refractivity contribution in [2.24, 2.45) is 0 Å². The number of para-hydroxylation sites is 1. The minimum absolute atomic E-state index is 0.0894. The Hall–Kier alpha value is -3.54. The van der Waals surface area contributed by atoms with Crippen LogP contribution in [0.5, 0.6) is 0 Å². The molecule has 0 fully saturated rings. The summed E-state index contributed by atoms with van der Waals surface area (Å²) in [6.45, 7) is 1.94. The predicted molar refractivity (Wildman–Crippen MR) is 92.4 cm³/mol. The number of hydrogen-bond acceptors (Lipinski definition) is 6. The van der Waals surface area contributed by atoms with Crippen molar-refractivity contribution in [3.8, 4) is 23.0 Å². The molecular weight excluding hydrogens is 318 g/mol. The third-order valence-corrected chi connectivity index (χ3v) is 4.14. The molecule has 120 valence electrons. The third-order valence-electron chi connectivity index (χ3n) is 4.14. The second-order valence-electron chi connectivity index (χ2n) is 5.88. The average molecular weight is 329 g/mol. The van der Waals surface area contributed by atoms with Crippen LogP contribution in [-0.4, -0.2) is 15.2 Å². The maximum atomic E-state index is 12.3. The first kappa shape index (κ1) is 13.9. The van der Waals surface area contributed by atoms with Gasteiger partial charge < -0.3 is 8.83 Å². The summed E-state index contributed by atoms with van der Waals surface area (Å²) in [6, 6.07) is 14.9. The van der Waals surface area contributed by atoms with E-state index >= 15 is 0 Å². The molecule has 0 saturated heterocycles. The van der Waals surface area contributed by atoms with Gasteiger partial charge in [-0.1, -0.05) is 30.3 Å². The largest absolute Gasteiger partial charge is 0.422 e. The second kappa shape index (κ2) is 4.98. The highest BCUT2D eigenvalue weighted by Crippen LogP contribution is 2.30. The normalized spacial score (nSPS) is 11.6. The summed E-state index contributed by atoms with van der Waals surface area (Å²) < 4.78 is 11.1. The Bertz CT molecular complexity index is 1290. The zero-order valence-corrected chi connectivity index (χ0v) is 13.2. The molecule has 6 heteroatoms. The maximum Gasteiger partial charge on any atom is 0.349 e. The molecule has 1 aromatic heterocycles. The molecule has 0 N–H and O–H groups in total. The fraction of sp³-hybridized carbons (Fsp3) is 0.0526. The van der Waals surface area contributed by atoms with Crippen molar-refractivity contribution in [1.82, 2.24) is 15.2 Å². The molecule has 2 aromatic carbocycles. The van der Waals surface area contributed by atoms with Gasteiger partial charge in [0, 0.05) is 10.8 Å². The smallest absolute Gasteiger partial charge is 0.349 e. The molecule has 3 aromatic rings. The lowest BCUT2D eigenvalue weighted by Crippen LogP contribution is -2.05. The molecule has 5 rings (SSSR count). The predicted octanol–water partition coefficient (Wildman–Crippen LogP) is 3.80. The highest BCUT2D eigenvalue weighted by atomic mass is 16.4. The first-order valence-corrected chi connectivity index (χ1v) is 7.76. The summed E-state index contributed by atoms with van der Waals surface area (Å²) in [5.41, 5.74) is 2.58. The van der Waals surface area contributed by atoms with Crippen LogP contribution in [0.15, 0.2) is 62.2 Å². The molecule has 25 heavy (non-hydrogen) atoms. The molecule has 0 radical (unpaired) electrons. The lowest BCUT2D eigenvalue weighted by Gasteiger charge is -2.03. The monoisotopic (exact) mass is 329 g/mol. The lowest BCUT2D eigenvalue weighted by atomic mass is 10.1. The first-order chi connectivity index (χ1) is 12.2. The molecule has 3 heterocycles. The van der Waals surface area contributed by atoms with Gasteiger partial charge in [-0.05, 0) is 30.7 Å². The van der Waals surface area contributed by atoms with Gasteiger partial charge in [0.05, 0.1) is 5.52 Å². The van der Waals surface area contributed by atoms with E-state index < -0.39 is 5.63 Å². The Kier molecular flexibility index (Phi) is 2.76. The van der Waals surface area contributed by atoms with Crippen LogP contribution in [0.1, 0.15) is 5.56 Å². The van der Waals surface area contributed by atoms with Crippen molar-refractivity contribution in [1.29, 1.82) is 0 Å². The van der Waals surface area contributed by atoms with E-state index in [4.69, 9.17) is 8.83 Å². The summed E-state index contributed by atoms with van der Waals surface area (Å²) in [6.07, 6.45) is 0. The van der Waals surface area contributed by atoms with E-state index in [1.54, 1.807) is 6.07 Å². The Morgan fingerprint density at radius 3 is 2.72 bits per heavy atom. The molecule has 0 spiro atoms. The first-order valence-electron chi connectivity index (χ1n) is 7.76. The highest BCUT2D eigenvalue weighted by molar-refractivity contribution is 5.93. The van der Waals surface area contributed by atoms with Crippen molar-refractivity contribution in [3.05, 3.63) is 64.5 Å². The molecule has 2 aliphatic rings. The number of rotatable bonds is 1. The molecule has 0 saturated carbocycles. The molecule has 0 amide bonds. The molecular formula is C19H11N3O3. The van der Waals surface area contributed by atoms with Crippen molar-refractivity contribution in [2.75, 3.05) is 0 Å². The number of fused-ring (bicyclic) bond motifs is 4. The van der Waals surface area contributed by atoms with Crippen LogP contribution >= 0.6 is 0 Å². The highest BCUT2D eigenvalue weighted by Gasteiger charge is 2.20. The van der Waals surface area contributed by atoms with E-state index in [1.807, 2.05) is 49.4 Å². The van der Waals surface area contributed by atoms with Crippen molar-refractivity contribution < 1.29 is 8.83 Å². The van der Waals surface area contributed by atoms with Gasteiger partial charge >= 0.3 is 5.63 Å². The van der Waals surface area contributed by atoms with Gasteiger partial charge in [-0.15, -0.1) is 10.2 Å². The SMILES string of the molecule is Cc1ccc2cc(-c3nnc4c5ccccc5nc-4o3)c(=O)oc2c1.